The molecule has 0 aliphatic carbocycles. The van der Waals surface area contributed by atoms with Gasteiger partial charge < -0.3 is 13.4 Å². The molecule has 0 saturated carbocycles. The summed E-state index contributed by atoms with van der Waals surface area (Å²) >= 11 is 0. The Labute approximate surface area is 342 Å². The average molecular weight is 743 g/mol. The van der Waals surface area contributed by atoms with Gasteiger partial charge >= 0.3 is 0 Å². The Balaban J connectivity index is 1.19. The highest BCUT2D eigenvalue weighted by Gasteiger charge is 2.23. The molecule has 4 heterocycles. The summed E-state index contributed by atoms with van der Waals surface area (Å²) in [6.45, 7) is 0. The largest absolute Gasteiger partial charge is 0.455 e. The van der Waals surface area contributed by atoms with E-state index < -0.39 is 72.5 Å². The molecular formula is C51H30N4O2. The van der Waals surface area contributed by atoms with Gasteiger partial charge in [0.25, 0.3) is 0 Å². The summed E-state index contributed by atoms with van der Waals surface area (Å²) in [5, 5.41) is 1.60. The predicted molar refractivity (Wildman–Crippen MR) is 230 cm³/mol. The van der Waals surface area contributed by atoms with E-state index in [0.717, 1.165) is 21.9 Å². The van der Waals surface area contributed by atoms with Crippen LogP contribution in [0, 0.1) is 0 Å². The van der Waals surface area contributed by atoms with Gasteiger partial charge in [0.15, 0.2) is 23.1 Å². The standard InChI is InChI=1S/C51H30N4O2/c1-3-15-31(16-4-1)33-21-13-29-43-45(33)36-22-11-25-39(47(36)56-43)51-53-49(32-17-5-2-6-18-32)52-50(54-51)38-24-14-30-44-46(38)37-23-12-28-42(48(37)57-44)55-40-26-9-7-19-34(40)35-20-8-10-27-41(35)55/h1-30H/i7D,8D,9D,10D,12D,14D,19D,20D,24D,26D,28D,30D. The first-order valence-corrected chi connectivity index (χ1v) is 18.0. The second-order valence-corrected chi connectivity index (χ2v) is 13.4. The molecule has 0 spiro atoms. The van der Waals surface area contributed by atoms with Crippen molar-refractivity contribution in [1.82, 2.24) is 19.5 Å². The maximum Gasteiger partial charge on any atom is 0.167 e. The van der Waals surface area contributed by atoms with Gasteiger partial charge in [-0.1, -0.05) is 145 Å². The van der Waals surface area contributed by atoms with Gasteiger partial charge in [0, 0.05) is 43.4 Å². The van der Waals surface area contributed by atoms with Crippen LogP contribution in [0.5, 0.6) is 0 Å². The number of fused-ring (bicyclic) bond motifs is 9. The van der Waals surface area contributed by atoms with Gasteiger partial charge in [-0.05, 0) is 47.5 Å². The number of nitrogens with zero attached hydrogens (tertiary/aromatic N) is 4. The van der Waals surface area contributed by atoms with E-state index in [-0.39, 0.29) is 72.5 Å². The summed E-state index contributed by atoms with van der Waals surface area (Å²) in [6, 6.07) is 27.1. The lowest BCUT2D eigenvalue weighted by molar-refractivity contribution is 0.666. The number of hydrogen-bond donors (Lipinski definition) is 0. The quantitative estimate of drug-likeness (QED) is 0.176. The molecule has 4 aromatic heterocycles. The summed E-state index contributed by atoms with van der Waals surface area (Å²) in [6.07, 6.45) is 0. The molecule has 0 aliphatic rings. The molecule has 0 fully saturated rings. The van der Waals surface area contributed by atoms with Crippen LogP contribution >= 0.6 is 0 Å². The first kappa shape index (κ1) is 21.9. The van der Waals surface area contributed by atoms with E-state index in [1.54, 1.807) is 0 Å². The highest BCUT2D eigenvalue weighted by Crippen LogP contribution is 2.43. The maximum absolute atomic E-state index is 9.50. The second kappa shape index (κ2) is 12.3. The third-order valence-electron chi connectivity index (χ3n) is 10.3. The van der Waals surface area contributed by atoms with Crippen LogP contribution in [-0.4, -0.2) is 19.5 Å². The zero-order valence-electron chi connectivity index (χ0n) is 41.5. The molecule has 12 rings (SSSR count). The average Bonchev–Trinajstić information content (AvgIpc) is 4.05. The number of aromatic nitrogens is 4. The number of hydrogen-bond acceptors (Lipinski definition) is 5. The topological polar surface area (TPSA) is 69.9 Å². The van der Waals surface area contributed by atoms with Crippen molar-refractivity contribution < 1.29 is 25.3 Å². The predicted octanol–water partition coefficient (Wildman–Crippen LogP) is 13.4. The van der Waals surface area contributed by atoms with Crippen molar-refractivity contribution in [2.75, 3.05) is 0 Å². The lowest BCUT2D eigenvalue weighted by atomic mass is 9.99. The van der Waals surface area contributed by atoms with Crippen LogP contribution in [0.4, 0.5) is 0 Å². The van der Waals surface area contributed by atoms with Gasteiger partial charge in [-0.3, -0.25) is 0 Å². The van der Waals surface area contributed by atoms with Crippen molar-refractivity contribution >= 4 is 65.7 Å². The van der Waals surface area contributed by atoms with Crippen LogP contribution in [0.2, 0.25) is 0 Å². The minimum Gasteiger partial charge on any atom is -0.455 e. The molecule has 0 unspecified atom stereocenters. The third-order valence-corrected chi connectivity index (χ3v) is 10.3. The first-order valence-electron chi connectivity index (χ1n) is 24.0. The van der Waals surface area contributed by atoms with Crippen LogP contribution in [0.3, 0.4) is 0 Å². The fourth-order valence-corrected chi connectivity index (χ4v) is 7.79. The molecule has 0 saturated heterocycles. The van der Waals surface area contributed by atoms with Crippen LogP contribution < -0.4 is 0 Å². The number of rotatable bonds is 5. The molecule has 57 heavy (non-hydrogen) atoms. The summed E-state index contributed by atoms with van der Waals surface area (Å²) in [7, 11) is 0. The molecule has 0 radical (unpaired) electrons. The molecule has 0 atom stereocenters. The highest BCUT2D eigenvalue weighted by atomic mass is 16.3. The van der Waals surface area contributed by atoms with E-state index in [9.17, 15) is 4.11 Å². The van der Waals surface area contributed by atoms with E-state index in [0.29, 0.717) is 22.3 Å². The van der Waals surface area contributed by atoms with Gasteiger partial charge in [0.2, 0.25) is 0 Å². The molecule has 0 amide bonds. The SMILES string of the molecule is [2H]c1cc2c(oc3c([2H])c([2H])c([2H])c(-c4nc(-c5ccccc5)nc(-c5cccc6c5oc5cccc(-c7ccccc7)c56)n4)c32)c(-n2c3cc([2H])c([2H])c([2H])c3c3c([2H])c([2H])c([2H])c([2H])c32)c1[2H]. The van der Waals surface area contributed by atoms with E-state index in [1.165, 1.54) is 16.7 Å². The van der Waals surface area contributed by atoms with E-state index in [1.807, 2.05) is 97.1 Å². The van der Waals surface area contributed by atoms with Crippen LogP contribution in [0.15, 0.2) is 191 Å². The Hall–Kier alpha value is -7.83. The van der Waals surface area contributed by atoms with Crippen molar-refractivity contribution in [2.24, 2.45) is 0 Å². The van der Waals surface area contributed by atoms with Crippen molar-refractivity contribution in [1.29, 1.82) is 0 Å². The maximum atomic E-state index is 9.50. The van der Waals surface area contributed by atoms with E-state index >= 15 is 0 Å². The number of benzene rings is 8. The van der Waals surface area contributed by atoms with Gasteiger partial charge in [0.05, 0.1) is 38.7 Å². The zero-order valence-corrected chi connectivity index (χ0v) is 29.5. The minimum atomic E-state index is -0.627. The van der Waals surface area contributed by atoms with E-state index in [2.05, 4.69) is 0 Å². The van der Waals surface area contributed by atoms with Gasteiger partial charge in [0.1, 0.15) is 16.7 Å². The Morgan fingerprint density at radius 3 is 1.93 bits per heavy atom. The van der Waals surface area contributed by atoms with Gasteiger partial charge in [-0.2, -0.15) is 0 Å². The van der Waals surface area contributed by atoms with Gasteiger partial charge in [-0.25, -0.2) is 15.0 Å². The van der Waals surface area contributed by atoms with Crippen molar-refractivity contribution in [3.8, 4) is 51.0 Å². The van der Waals surface area contributed by atoms with Crippen LogP contribution in [0.25, 0.3) is 117 Å². The van der Waals surface area contributed by atoms with Gasteiger partial charge in [-0.15, -0.1) is 0 Å². The molecule has 0 bridgehead atoms. The molecule has 266 valence electrons. The molecular weight excluding hydrogens is 701 g/mol. The fraction of sp³-hybridized carbons (Fsp3) is 0. The Morgan fingerprint density at radius 1 is 0.404 bits per heavy atom. The number of furan rings is 2. The summed E-state index contributed by atoms with van der Waals surface area (Å²) in [4.78, 5) is 14.9. The van der Waals surface area contributed by atoms with Crippen LogP contribution in [-0.2, 0) is 0 Å². The van der Waals surface area contributed by atoms with Crippen LogP contribution in [0.1, 0.15) is 16.4 Å². The molecule has 8 aromatic carbocycles. The zero-order chi connectivity index (χ0) is 47.9. The summed E-state index contributed by atoms with van der Waals surface area (Å²) in [5.74, 6) is 0.279. The molecule has 0 N–H and O–H groups in total. The Kier molecular flexibility index (Phi) is 4.74. The highest BCUT2D eigenvalue weighted by molar-refractivity contribution is 6.17. The summed E-state index contributed by atoms with van der Waals surface area (Å²) < 4.78 is 122. The molecule has 6 heteroatoms. The fourth-order valence-electron chi connectivity index (χ4n) is 7.79. The normalized spacial score (nSPS) is 14.8. The lowest BCUT2D eigenvalue weighted by Gasteiger charge is -2.10. The summed E-state index contributed by atoms with van der Waals surface area (Å²) in [5.41, 5.74) is 3.28. The molecule has 6 nitrogen and oxygen atoms in total. The monoisotopic (exact) mass is 742 g/mol. The first-order chi connectivity index (χ1) is 33.2. The lowest BCUT2D eigenvalue weighted by Crippen LogP contribution is -2.00. The second-order valence-electron chi connectivity index (χ2n) is 13.4. The molecule has 12 aromatic rings. The number of para-hydroxylation sites is 4. The van der Waals surface area contributed by atoms with Crippen molar-refractivity contribution in [3.05, 3.63) is 182 Å². The third kappa shape index (κ3) is 4.81. The minimum absolute atomic E-state index is 0.0252. The Morgan fingerprint density at radius 2 is 1.07 bits per heavy atom. The smallest absolute Gasteiger partial charge is 0.167 e. The Bertz CT molecular complexity index is 4230. The molecule has 0 aliphatic heterocycles. The van der Waals surface area contributed by atoms with E-state index in [4.69, 9.17) is 36.1 Å². The van der Waals surface area contributed by atoms with Crippen molar-refractivity contribution in [2.45, 2.75) is 0 Å². The van der Waals surface area contributed by atoms with Crippen molar-refractivity contribution in [3.63, 3.8) is 0 Å².